The van der Waals surface area contributed by atoms with E-state index >= 15 is 0 Å². The summed E-state index contributed by atoms with van der Waals surface area (Å²) >= 11 is 11.9. The third-order valence-electron chi connectivity index (χ3n) is 3.44. The summed E-state index contributed by atoms with van der Waals surface area (Å²) < 4.78 is 0. The van der Waals surface area contributed by atoms with Crippen LogP contribution in [-0.4, -0.2) is 12.5 Å². The molecule has 0 bridgehead atoms. The van der Waals surface area contributed by atoms with E-state index in [9.17, 15) is 4.79 Å². The predicted octanol–water partition coefficient (Wildman–Crippen LogP) is 5.06. The van der Waals surface area contributed by atoms with Crippen molar-refractivity contribution in [1.82, 2.24) is 5.32 Å². The molecule has 2 aromatic carbocycles. The minimum Gasteiger partial charge on any atom is -0.353 e. The Kier molecular flexibility index (Phi) is 6.69. The molecule has 1 amide bonds. The summed E-state index contributed by atoms with van der Waals surface area (Å²) in [5.74, 6) is -0.125. The molecule has 2 aromatic rings. The molecule has 0 fully saturated rings. The Balaban J connectivity index is 1.74. The number of nitrogens with one attached hydrogen (secondary N) is 1. The summed E-state index contributed by atoms with van der Waals surface area (Å²) in [5.41, 5.74) is 3.31. The highest BCUT2D eigenvalue weighted by atomic mass is 35.5. The van der Waals surface area contributed by atoms with E-state index in [1.54, 1.807) is 24.3 Å². The van der Waals surface area contributed by atoms with E-state index < -0.39 is 0 Å². The molecule has 0 spiro atoms. The fraction of sp³-hybridized carbons (Fsp3) is 0.211. The Bertz CT molecular complexity index is 693. The maximum atomic E-state index is 11.8. The molecule has 0 aliphatic carbocycles. The third kappa shape index (κ3) is 6.09. The van der Waals surface area contributed by atoms with Gasteiger partial charge in [-0.25, -0.2) is 0 Å². The summed E-state index contributed by atoms with van der Waals surface area (Å²) in [6.07, 6.45) is 5.03. The largest absolute Gasteiger partial charge is 0.353 e. The number of halogens is 2. The highest BCUT2D eigenvalue weighted by Gasteiger charge is 2.00. The minimum absolute atomic E-state index is 0.125. The first kappa shape index (κ1) is 17.6. The van der Waals surface area contributed by atoms with Gasteiger partial charge in [-0.05, 0) is 49.1 Å². The number of hydrogen-bond acceptors (Lipinski definition) is 1. The molecule has 2 nitrogen and oxygen atoms in total. The van der Waals surface area contributed by atoms with Crippen molar-refractivity contribution >= 4 is 35.2 Å². The Morgan fingerprint density at radius 3 is 2.57 bits per heavy atom. The smallest absolute Gasteiger partial charge is 0.244 e. The van der Waals surface area contributed by atoms with E-state index in [0.717, 1.165) is 18.4 Å². The fourth-order valence-corrected chi connectivity index (χ4v) is 2.59. The molecule has 0 unspecified atom stereocenters. The average molecular weight is 348 g/mol. The van der Waals surface area contributed by atoms with E-state index in [2.05, 4.69) is 36.5 Å². The van der Waals surface area contributed by atoms with E-state index in [4.69, 9.17) is 23.2 Å². The van der Waals surface area contributed by atoms with Crippen molar-refractivity contribution in [3.8, 4) is 0 Å². The lowest BCUT2D eigenvalue weighted by atomic mass is 10.1. The molecule has 0 heterocycles. The van der Waals surface area contributed by atoms with Gasteiger partial charge in [0.25, 0.3) is 0 Å². The Morgan fingerprint density at radius 1 is 1.13 bits per heavy atom. The van der Waals surface area contributed by atoms with Crippen molar-refractivity contribution in [2.45, 2.75) is 19.8 Å². The van der Waals surface area contributed by atoms with Crippen LogP contribution >= 0.6 is 23.2 Å². The summed E-state index contributed by atoms with van der Waals surface area (Å²) in [5, 5.41) is 3.98. The number of aryl methyl sites for hydroxylation is 2. The van der Waals surface area contributed by atoms with Crippen molar-refractivity contribution in [2.24, 2.45) is 0 Å². The highest BCUT2D eigenvalue weighted by Crippen LogP contribution is 2.21. The lowest BCUT2D eigenvalue weighted by Gasteiger charge is -2.04. The van der Waals surface area contributed by atoms with Crippen LogP contribution in [-0.2, 0) is 11.2 Å². The lowest BCUT2D eigenvalue weighted by Crippen LogP contribution is -2.22. The van der Waals surface area contributed by atoms with E-state index in [-0.39, 0.29) is 5.91 Å². The second-order valence-corrected chi connectivity index (χ2v) is 6.22. The molecule has 0 aliphatic heterocycles. The second-order valence-electron chi connectivity index (χ2n) is 5.38. The molecule has 0 saturated carbocycles. The monoisotopic (exact) mass is 347 g/mol. The molecule has 4 heteroatoms. The van der Waals surface area contributed by atoms with Gasteiger partial charge in [0.05, 0.1) is 0 Å². The second kappa shape index (κ2) is 8.76. The molecule has 0 atom stereocenters. The number of hydrogen-bond donors (Lipinski definition) is 1. The van der Waals surface area contributed by atoms with Crippen molar-refractivity contribution in [3.05, 3.63) is 75.3 Å². The van der Waals surface area contributed by atoms with Crippen LogP contribution in [0.5, 0.6) is 0 Å². The van der Waals surface area contributed by atoms with Gasteiger partial charge in [0, 0.05) is 22.7 Å². The number of carbonyl (C=O) groups is 1. The van der Waals surface area contributed by atoms with Crippen LogP contribution in [0.25, 0.3) is 6.08 Å². The van der Waals surface area contributed by atoms with Crippen molar-refractivity contribution in [1.29, 1.82) is 0 Å². The van der Waals surface area contributed by atoms with Gasteiger partial charge in [-0.15, -0.1) is 0 Å². The fourth-order valence-electron chi connectivity index (χ4n) is 2.12. The average Bonchev–Trinajstić information content (AvgIpc) is 2.52. The molecule has 0 aliphatic rings. The summed E-state index contributed by atoms with van der Waals surface area (Å²) in [6, 6.07) is 13.6. The van der Waals surface area contributed by atoms with Crippen LogP contribution in [0, 0.1) is 6.92 Å². The number of amides is 1. The zero-order valence-corrected chi connectivity index (χ0v) is 14.5. The number of carbonyl (C=O) groups excluding carboxylic acids is 1. The summed E-state index contributed by atoms with van der Waals surface area (Å²) in [7, 11) is 0. The maximum absolute atomic E-state index is 11.8. The Morgan fingerprint density at radius 2 is 1.87 bits per heavy atom. The molecule has 23 heavy (non-hydrogen) atoms. The molecule has 2 rings (SSSR count). The standard InChI is InChI=1S/C19H19Cl2NO/c1-14-4-6-15(7-5-14)3-2-12-22-19(23)11-9-16-8-10-17(20)13-18(16)21/h4-11,13H,2-3,12H2,1H3,(H,22,23)/b11-9+. The Labute approximate surface area is 147 Å². The van der Waals surface area contributed by atoms with Crippen molar-refractivity contribution in [2.75, 3.05) is 6.54 Å². The van der Waals surface area contributed by atoms with E-state index in [1.807, 2.05) is 0 Å². The normalized spacial score (nSPS) is 10.9. The van der Waals surface area contributed by atoms with Gasteiger partial charge in [-0.2, -0.15) is 0 Å². The van der Waals surface area contributed by atoms with Gasteiger partial charge in [-0.3, -0.25) is 4.79 Å². The molecular weight excluding hydrogens is 329 g/mol. The quantitative estimate of drug-likeness (QED) is 0.573. The van der Waals surface area contributed by atoms with E-state index in [1.165, 1.54) is 17.2 Å². The minimum atomic E-state index is -0.125. The topological polar surface area (TPSA) is 29.1 Å². The molecule has 120 valence electrons. The van der Waals surface area contributed by atoms with Crippen LogP contribution < -0.4 is 5.32 Å². The first-order chi connectivity index (χ1) is 11.0. The van der Waals surface area contributed by atoms with Crippen LogP contribution in [0.4, 0.5) is 0 Å². The number of benzene rings is 2. The SMILES string of the molecule is Cc1ccc(CCCNC(=O)/C=C/c2ccc(Cl)cc2Cl)cc1. The first-order valence-electron chi connectivity index (χ1n) is 7.51. The maximum Gasteiger partial charge on any atom is 0.244 e. The van der Waals surface area contributed by atoms with Crippen LogP contribution in [0.3, 0.4) is 0 Å². The van der Waals surface area contributed by atoms with E-state index in [0.29, 0.717) is 16.6 Å². The molecule has 0 aromatic heterocycles. The zero-order valence-electron chi connectivity index (χ0n) is 13.0. The first-order valence-corrected chi connectivity index (χ1v) is 8.27. The van der Waals surface area contributed by atoms with Crippen molar-refractivity contribution in [3.63, 3.8) is 0 Å². The Hall–Kier alpha value is -1.77. The third-order valence-corrected chi connectivity index (χ3v) is 4.00. The lowest BCUT2D eigenvalue weighted by molar-refractivity contribution is -0.116. The van der Waals surface area contributed by atoms with Gasteiger partial charge in [-0.1, -0.05) is 59.1 Å². The van der Waals surface area contributed by atoms with Gasteiger partial charge < -0.3 is 5.32 Å². The van der Waals surface area contributed by atoms with Gasteiger partial charge in [0.2, 0.25) is 5.91 Å². The number of rotatable bonds is 6. The predicted molar refractivity (Wildman–Crippen MR) is 98.0 cm³/mol. The summed E-state index contributed by atoms with van der Waals surface area (Å²) in [6.45, 7) is 2.72. The van der Waals surface area contributed by atoms with Crippen LogP contribution in [0.2, 0.25) is 10.0 Å². The van der Waals surface area contributed by atoms with Gasteiger partial charge >= 0.3 is 0 Å². The molecule has 0 radical (unpaired) electrons. The van der Waals surface area contributed by atoms with Crippen molar-refractivity contribution < 1.29 is 4.79 Å². The van der Waals surface area contributed by atoms with Gasteiger partial charge in [0.15, 0.2) is 0 Å². The summed E-state index contributed by atoms with van der Waals surface area (Å²) in [4.78, 5) is 11.8. The molecule has 0 saturated heterocycles. The van der Waals surface area contributed by atoms with Crippen LogP contribution in [0.15, 0.2) is 48.5 Å². The zero-order chi connectivity index (χ0) is 16.7. The molecule has 1 N–H and O–H groups in total. The highest BCUT2D eigenvalue weighted by molar-refractivity contribution is 6.35. The van der Waals surface area contributed by atoms with Crippen LogP contribution in [0.1, 0.15) is 23.1 Å². The van der Waals surface area contributed by atoms with Gasteiger partial charge in [0.1, 0.15) is 0 Å². The molecular formula is C19H19Cl2NO.